The summed E-state index contributed by atoms with van der Waals surface area (Å²) in [6, 6.07) is 2.21. The molecule has 0 bridgehead atoms. The molecule has 2 N–H and O–H groups in total. The first-order valence-corrected chi connectivity index (χ1v) is 5.75. The Kier molecular flexibility index (Phi) is 3.75. The zero-order valence-electron chi connectivity index (χ0n) is 8.97. The Hall–Kier alpha value is -0.870. The van der Waals surface area contributed by atoms with Crippen LogP contribution in [0.1, 0.15) is 25.7 Å². The Morgan fingerprint density at radius 1 is 1.40 bits per heavy atom. The van der Waals surface area contributed by atoms with E-state index in [4.69, 9.17) is 0 Å². The SMILES string of the molecule is O[C@@H]1CCCC[C@H]1NCCn1cccn1. The van der Waals surface area contributed by atoms with Gasteiger partial charge in [0.05, 0.1) is 12.6 Å². The fourth-order valence-electron chi connectivity index (χ4n) is 2.15. The molecule has 0 spiro atoms. The molecule has 1 aromatic heterocycles. The van der Waals surface area contributed by atoms with E-state index in [1.165, 1.54) is 12.8 Å². The topological polar surface area (TPSA) is 50.1 Å². The van der Waals surface area contributed by atoms with Gasteiger partial charge in [-0.15, -0.1) is 0 Å². The van der Waals surface area contributed by atoms with Gasteiger partial charge in [0.15, 0.2) is 0 Å². The minimum Gasteiger partial charge on any atom is -0.392 e. The van der Waals surface area contributed by atoms with Gasteiger partial charge in [0.25, 0.3) is 0 Å². The van der Waals surface area contributed by atoms with E-state index in [1.54, 1.807) is 6.20 Å². The third kappa shape index (κ3) is 3.04. The lowest BCUT2D eigenvalue weighted by Gasteiger charge is -2.28. The summed E-state index contributed by atoms with van der Waals surface area (Å²) < 4.78 is 1.90. The first-order valence-electron chi connectivity index (χ1n) is 5.75. The molecule has 0 aliphatic heterocycles. The van der Waals surface area contributed by atoms with Gasteiger partial charge in [0, 0.05) is 25.0 Å². The quantitative estimate of drug-likeness (QED) is 0.770. The van der Waals surface area contributed by atoms with Crippen LogP contribution in [0.3, 0.4) is 0 Å². The van der Waals surface area contributed by atoms with Gasteiger partial charge in [0.1, 0.15) is 0 Å². The van der Waals surface area contributed by atoms with E-state index in [1.807, 2.05) is 16.9 Å². The minimum absolute atomic E-state index is 0.156. The summed E-state index contributed by atoms with van der Waals surface area (Å²) in [5.41, 5.74) is 0. The molecule has 15 heavy (non-hydrogen) atoms. The van der Waals surface area contributed by atoms with Crippen molar-refractivity contribution in [1.82, 2.24) is 15.1 Å². The highest BCUT2D eigenvalue weighted by Crippen LogP contribution is 2.17. The second-order valence-electron chi connectivity index (χ2n) is 4.18. The molecule has 1 heterocycles. The summed E-state index contributed by atoms with van der Waals surface area (Å²) in [4.78, 5) is 0. The molecular weight excluding hydrogens is 190 g/mol. The molecule has 0 aromatic carbocycles. The summed E-state index contributed by atoms with van der Waals surface area (Å²) in [5.74, 6) is 0. The molecule has 0 amide bonds. The third-order valence-electron chi connectivity index (χ3n) is 3.04. The van der Waals surface area contributed by atoms with Crippen LogP contribution in [-0.2, 0) is 6.54 Å². The molecule has 2 rings (SSSR count). The Bertz CT molecular complexity index is 273. The molecule has 1 saturated carbocycles. The van der Waals surface area contributed by atoms with Crippen LogP contribution < -0.4 is 5.32 Å². The maximum Gasteiger partial charge on any atom is 0.0693 e. The normalized spacial score (nSPS) is 26.7. The second kappa shape index (κ2) is 5.28. The molecule has 0 saturated heterocycles. The van der Waals surface area contributed by atoms with Crippen LogP contribution in [0, 0.1) is 0 Å². The van der Waals surface area contributed by atoms with Crippen LogP contribution in [0.4, 0.5) is 0 Å². The molecule has 2 atom stereocenters. The molecule has 1 aromatic rings. The molecular formula is C11H19N3O. The lowest BCUT2D eigenvalue weighted by molar-refractivity contribution is 0.0906. The third-order valence-corrected chi connectivity index (χ3v) is 3.04. The summed E-state index contributed by atoms with van der Waals surface area (Å²) in [7, 11) is 0. The average Bonchev–Trinajstić information content (AvgIpc) is 2.74. The Morgan fingerprint density at radius 3 is 3.00 bits per heavy atom. The van der Waals surface area contributed by atoms with Crippen molar-refractivity contribution < 1.29 is 5.11 Å². The van der Waals surface area contributed by atoms with Gasteiger partial charge in [-0.2, -0.15) is 5.10 Å². The molecule has 1 fully saturated rings. The molecule has 84 valence electrons. The van der Waals surface area contributed by atoms with Gasteiger partial charge in [0.2, 0.25) is 0 Å². The van der Waals surface area contributed by atoms with Crippen LogP contribution in [0.5, 0.6) is 0 Å². The van der Waals surface area contributed by atoms with Crippen LogP contribution in [-0.4, -0.2) is 33.6 Å². The lowest BCUT2D eigenvalue weighted by atomic mass is 9.93. The highest BCUT2D eigenvalue weighted by molar-refractivity contribution is 4.81. The molecule has 0 radical (unpaired) electrons. The molecule has 1 aliphatic rings. The molecule has 4 nitrogen and oxygen atoms in total. The number of hydrogen-bond acceptors (Lipinski definition) is 3. The minimum atomic E-state index is -0.156. The number of nitrogens with one attached hydrogen (secondary N) is 1. The van der Waals surface area contributed by atoms with E-state index in [-0.39, 0.29) is 12.1 Å². The Balaban J connectivity index is 1.68. The predicted molar refractivity (Wildman–Crippen MR) is 58.5 cm³/mol. The summed E-state index contributed by atoms with van der Waals surface area (Å²) in [6.07, 6.45) is 8.03. The van der Waals surface area contributed by atoms with Crippen molar-refractivity contribution in [1.29, 1.82) is 0 Å². The largest absolute Gasteiger partial charge is 0.392 e. The van der Waals surface area contributed by atoms with E-state index in [2.05, 4.69) is 10.4 Å². The first-order chi connectivity index (χ1) is 7.36. The van der Waals surface area contributed by atoms with Crippen molar-refractivity contribution >= 4 is 0 Å². The van der Waals surface area contributed by atoms with E-state index < -0.39 is 0 Å². The Morgan fingerprint density at radius 2 is 2.27 bits per heavy atom. The van der Waals surface area contributed by atoms with Crippen molar-refractivity contribution in [3.05, 3.63) is 18.5 Å². The monoisotopic (exact) mass is 209 g/mol. The van der Waals surface area contributed by atoms with Crippen molar-refractivity contribution in [3.63, 3.8) is 0 Å². The summed E-state index contributed by atoms with van der Waals surface area (Å²) in [6.45, 7) is 1.75. The maximum absolute atomic E-state index is 9.74. The zero-order chi connectivity index (χ0) is 10.5. The maximum atomic E-state index is 9.74. The lowest BCUT2D eigenvalue weighted by Crippen LogP contribution is -2.43. The predicted octanol–water partition coefficient (Wildman–Crippen LogP) is 0.776. The number of aliphatic hydroxyl groups excluding tert-OH is 1. The van der Waals surface area contributed by atoms with Crippen molar-refractivity contribution in [2.24, 2.45) is 0 Å². The summed E-state index contributed by atoms with van der Waals surface area (Å²) >= 11 is 0. The van der Waals surface area contributed by atoms with E-state index in [9.17, 15) is 5.11 Å². The molecule has 0 unspecified atom stereocenters. The fourth-order valence-corrected chi connectivity index (χ4v) is 2.15. The van der Waals surface area contributed by atoms with E-state index >= 15 is 0 Å². The van der Waals surface area contributed by atoms with Crippen molar-refractivity contribution in [2.75, 3.05) is 6.54 Å². The number of aromatic nitrogens is 2. The Labute approximate surface area is 90.3 Å². The molecule has 4 heteroatoms. The van der Waals surface area contributed by atoms with Crippen LogP contribution in [0.2, 0.25) is 0 Å². The van der Waals surface area contributed by atoms with Crippen molar-refractivity contribution in [3.8, 4) is 0 Å². The highest BCUT2D eigenvalue weighted by atomic mass is 16.3. The number of rotatable bonds is 4. The number of hydrogen-bond donors (Lipinski definition) is 2. The first kappa shape index (κ1) is 10.6. The average molecular weight is 209 g/mol. The van der Waals surface area contributed by atoms with Gasteiger partial charge in [-0.3, -0.25) is 4.68 Å². The standard InChI is InChI=1S/C11H19N3O/c15-11-5-2-1-4-10(11)12-7-9-14-8-3-6-13-14/h3,6,8,10-12,15H,1-2,4-5,7,9H2/t10-,11-/m1/s1. The smallest absolute Gasteiger partial charge is 0.0693 e. The van der Waals surface area contributed by atoms with Crippen LogP contribution in [0.15, 0.2) is 18.5 Å². The second-order valence-corrected chi connectivity index (χ2v) is 4.18. The van der Waals surface area contributed by atoms with Gasteiger partial charge >= 0.3 is 0 Å². The fraction of sp³-hybridized carbons (Fsp3) is 0.727. The molecule has 1 aliphatic carbocycles. The van der Waals surface area contributed by atoms with Crippen LogP contribution >= 0.6 is 0 Å². The van der Waals surface area contributed by atoms with Crippen molar-refractivity contribution in [2.45, 2.75) is 44.4 Å². The van der Waals surface area contributed by atoms with Crippen LogP contribution in [0.25, 0.3) is 0 Å². The zero-order valence-corrected chi connectivity index (χ0v) is 8.97. The highest BCUT2D eigenvalue weighted by Gasteiger charge is 2.21. The summed E-state index contributed by atoms with van der Waals surface area (Å²) in [5, 5.41) is 17.3. The number of aliphatic hydroxyl groups is 1. The van der Waals surface area contributed by atoms with Gasteiger partial charge in [-0.05, 0) is 18.9 Å². The van der Waals surface area contributed by atoms with Gasteiger partial charge in [-0.25, -0.2) is 0 Å². The van der Waals surface area contributed by atoms with Gasteiger partial charge in [-0.1, -0.05) is 12.8 Å². The van der Waals surface area contributed by atoms with E-state index in [0.29, 0.717) is 0 Å². The van der Waals surface area contributed by atoms with E-state index in [0.717, 1.165) is 25.9 Å². The van der Waals surface area contributed by atoms with Gasteiger partial charge < -0.3 is 10.4 Å². The number of nitrogens with zero attached hydrogens (tertiary/aromatic N) is 2.